The Kier molecular flexibility index (Phi) is 2.94. The first kappa shape index (κ1) is 11.2. The van der Waals surface area contributed by atoms with Gasteiger partial charge >= 0.3 is 0 Å². The van der Waals surface area contributed by atoms with Crippen LogP contribution < -0.4 is 0 Å². The zero-order valence-electron chi connectivity index (χ0n) is 9.48. The Balaban J connectivity index is 1.80. The normalized spacial score (nSPS) is 25.3. The first-order valence-corrected chi connectivity index (χ1v) is 6.48. The Morgan fingerprint density at radius 2 is 1.94 bits per heavy atom. The first-order valence-electron chi connectivity index (χ1n) is 5.60. The predicted octanol–water partition coefficient (Wildman–Crippen LogP) is 2.65. The smallest absolute Gasteiger partial charge is 0.202 e. The second kappa shape index (κ2) is 4.74. The van der Waals surface area contributed by atoms with Crippen molar-refractivity contribution in [2.75, 3.05) is 0 Å². The fourth-order valence-electron chi connectivity index (χ4n) is 1.77. The van der Waals surface area contributed by atoms with Crippen LogP contribution in [0.3, 0.4) is 0 Å². The molecule has 3 rings (SSSR count). The molecule has 1 atom stereocenters. The summed E-state index contributed by atoms with van der Waals surface area (Å²) in [5, 5.41) is -0.237. The largest absolute Gasteiger partial charge is 0.291 e. The van der Waals surface area contributed by atoms with Crippen molar-refractivity contribution < 1.29 is 4.79 Å². The highest BCUT2D eigenvalue weighted by Gasteiger charge is 2.29. The lowest BCUT2D eigenvalue weighted by Crippen LogP contribution is -2.13. The number of hydrogen-bond donors (Lipinski definition) is 0. The summed E-state index contributed by atoms with van der Waals surface area (Å²) in [5.41, 5.74) is 1.13. The molecule has 0 amide bonds. The number of carbonyl (C=O) groups excluding carboxylic acids is 1. The van der Waals surface area contributed by atoms with Gasteiger partial charge in [0.1, 0.15) is 10.9 Å². The summed E-state index contributed by atoms with van der Waals surface area (Å²) in [6.07, 6.45) is 6.98. The molecule has 0 aromatic heterocycles. The van der Waals surface area contributed by atoms with E-state index in [0.29, 0.717) is 11.4 Å². The highest BCUT2D eigenvalue weighted by molar-refractivity contribution is 8.01. The molecule has 18 heavy (non-hydrogen) atoms. The summed E-state index contributed by atoms with van der Waals surface area (Å²) in [6, 6.07) is 9.86. The van der Waals surface area contributed by atoms with Crippen LogP contribution in [0.4, 0.5) is 0 Å². The van der Waals surface area contributed by atoms with E-state index in [0.717, 1.165) is 4.90 Å². The molecular formula is C14H10N2OS. The second-order valence-electron chi connectivity index (χ2n) is 3.87. The lowest BCUT2D eigenvalue weighted by atomic mass is 10.2. The van der Waals surface area contributed by atoms with Crippen molar-refractivity contribution in [2.24, 2.45) is 9.98 Å². The molecule has 1 aromatic carbocycles. The van der Waals surface area contributed by atoms with Gasteiger partial charge in [-0.3, -0.25) is 14.8 Å². The maximum absolute atomic E-state index is 12.2. The van der Waals surface area contributed by atoms with E-state index in [1.165, 1.54) is 11.8 Å². The van der Waals surface area contributed by atoms with Gasteiger partial charge in [0.05, 0.1) is 5.70 Å². The van der Waals surface area contributed by atoms with Gasteiger partial charge in [0.2, 0.25) is 5.78 Å². The van der Waals surface area contributed by atoms with E-state index in [4.69, 9.17) is 0 Å². The monoisotopic (exact) mass is 254 g/mol. The van der Waals surface area contributed by atoms with Crippen LogP contribution in [0.1, 0.15) is 0 Å². The lowest BCUT2D eigenvalue weighted by molar-refractivity contribution is -0.113. The SMILES string of the molecule is O=C1C(=C2C=CC=N2)N=CC1Sc1ccccc1. The number of allylic oxidation sites excluding steroid dienone is 3. The Morgan fingerprint density at radius 3 is 2.67 bits per heavy atom. The quantitative estimate of drug-likeness (QED) is 0.761. The van der Waals surface area contributed by atoms with Crippen LogP contribution in [0.25, 0.3) is 0 Å². The molecular weight excluding hydrogens is 244 g/mol. The maximum atomic E-state index is 12.2. The molecule has 0 fully saturated rings. The molecule has 0 aliphatic carbocycles. The van der Waals surface area contributed by atoms with Crippen molar-refractivity contribution in [3.63, 3.8) is 0 Å². The minimum Gasteiger partial charge on any atom is -0.291 e. The number of ketones is 1. The number of carbonyl (C=O) groups is 1. The molecule has 2 aliphatic heterocycles. The van der Waals surface area contributed by atoms with Crippen LogP contribution in [-0.2, 0) is 4.79 Å². The average Bonchev–Trinajstić information content (AvgIpc) is 3.02. The number of Topliss-reactive ketones (excluding diaryl/α,β-unsaturated/α-hetero) is 1. The number of thioether (sulfide) groups is 1. The van der Waals surface area contributed by atoms with E-state index in [-0.39, 0.29) is 11.0 Å². The van der Waals surface area contributed by atoms with Crippen LogP contribution in [-0.4, -0.2) is 23.5 Å². The second-order valence-corrected chi connectivity index (χ2v) is 5.08. The summed E-state index contributed by atoms with van der Waals surface area (Å²) in [6.45, 7) is 0. The van der Waals surface area contributed by atoms with E-state index in [9.17, 15) is 4.79 Å². The third-order valence-electron chi connectivity index (χ3n) is 2.63. The summed E-state index contributed by atoms with van der Waals surface area (Å²) in [7, 11) is 0. The van der Waals surface area contributed by atoms with Gasteiger partial charge in [0, 0.05) is 17.3 Å². The highest BCUT2D eigenvalue weighted by Crippen LogP contribution is 2.29. The third-order valence-corrected chi connectivity index (χ3v) is 3.77. The first-order chi connectivity index (χ1) is 8.84. The minimum atomic E-state index is -0.237. The van der Waals surface area contributed by atoms with Gasteiger partial charge in [-0.2, -0.15) is 0 Å². The van der Waals surface area contributed by atoms with Gasteiger partial charge in [-0.25, -0.2) is 0 Å². The summed E-state index contributed by atoms with van der Waals surface area (Å²) < 4.78 is 0. The molecule has 0 saturated heterocycles. The molecule has 0 spiro atoms. The lowest BCUT2D eigenvalue weighted by Gasteiger charge is -2.05. The zero-order valence-corrected chi connectivity index (χ0v) is 10.3. The van der Waals surface area contributed by atoms with E-state index < -0.39 is 0 Å². The van der Waals surface area contributed by atoms with Gasteiger partial charge in [-0.1, -0.05) is 18.2 Å². The number of rotatable bonds is 2. The molecule has 0 radical (unpaired) electrons. The molecule has 1 unspecified atom stereocenters. The van der Waals surface area contributed by atoms with Crippen molar-refractivity contribution in [2.45, 2.75) is 10.1 Å². The number of benzene rings is 1. The van der Waals surface area contributed by atoms with Crippen molar-refractivity contribution >= 4 is 30.0 Å². The molecule has 88 valence electrons. The molecule has 0 saturated carbocycles. The fourth-order valence-corrected chi connectivity index (χ4v) is 2.72. The minimum absolute atomic E-state index is 0.0301. The average molecular weight is 254 g/mol. The van der Waals surface area contributed by atoms with Gasteiger partial charge in [0.25, 0.3) is 0 Å². The van der Waals surface area contributed by atoms with Crippen LogP contribution in [0.5, 0.6) is 0 Å². The topological polar surface area (TPSA) is 41.8 Å². The number of nitrogens with zero attached hydrogens (tertiary/aromatic N) is 2. The van der Waals surface area contributed by atoms with Crippen LogP contribution in [0.2, 0.25) is 0 Å². The number of hydrogen-bond acceptors (Lipinski definition) is 4. The Labute approximate surface area is 109 Å². The van der Waals surface area contributed by atoms with E-state index in [1.54, 1.807) is 18.5 Å². The number of aliphatic imine (C=N–C) groups is 2. The zero-order chi connectivity index (χ0) is 12.4. The van der Waals surface area contributed by atoms with Crippen LogP contribution in [0, 0.1) is 0 Å². The fraction of sp³-hybridized carbons (Fsp3) is 0.0714. The van der Waals surface area contributed by atoms with Crippen LogP contribution >= 0.6 is 11.8 Å². The summed E-state index contributed by atoms with van der Waals surface area (Å²) in [4.78, 5) is 21.6. The van der Waals surface area contributed by atoms with Crippen LogP contribution in [0.15, 0.2) is 68.8 Å². The van der Waals surface area contributed by atoms with E-state index in [2.05, 4.69) is 9.98 Å². The highest BCUT2D eigenvalue weighted by atomic mass is 32.2. The Morgan fingerprint density at radius 1 is 1.11 bits per heavy atom. The van der Waals surface area contributed by atoms with Gasteiger partial charge < -0.3 is 0 Å². The molecule has 0 bridgehead atoms. The van der Waals surface area contributed by atoms with E-state index in [1.807, 2.05) is 36.4 Å². The Bertz CT molecular complexity index is 585. The standard InChI is InChI=1S/C14H10N2OS/c17-14-12(18-10-5-2-1-3-6-10)9-16-13(14)11-7-4-8-15-11/h1-9,12H. The predicted molar refractivity (Wildman–Crippen MR) is 74.2 cm³/mol. The maximum Gasteiger partial charge on any atom is 0.202 e. The summed E-state index contributed by atoms with van der Waals surface area (Å²) in [5.74, 6) is 0.0301. The molecule has 3 nitrogen and oxygen atoms in total. The molecule has 2 aliphatic rings. The van der Waals surface area contributed by atoms with Gasteiger partial charge in [-0.05, 0) is 24.3 Å². The van der Waals surface area contributed by atoms with E-state index >= 15 is 0 Å². The molecule has 1 aromatic rings. The summed E-state index contributed by atoms with van der Waals surface area (Å²) >= 11 is 1.51. The third kappa shape index (κ3) is 2.07. The van der Waals surface area contributed by atoms with Crippen molar-refractivity contribution in [1.29, 1.82) is 0 Å². The molecule has 2 heterocycles. The Hall–Kier alpha value is -1.94. The van der Waals surface area contributed by atoms with Crippen molar-refractivity contribution in [3.05, 3.63) is 53.9 Å². The molecule has 4 heteroatoms. The van der Waals surface area contributed by atoms with Gasteiger partial charge in [-0.15, -0.1) is 11.8 Å². The van der Waals surface area contributed by atoms with Crippen molar-refractivity contribution in [1.82, 2.24) is 0 Å². The van der Waals surface area contributed by atoms with Crippen molar-refractivity contribution in [3.8, 4) is 0 Å². The molecule has 0 N–H and O–H groups in total. The van der Waals surface area contributed by atoms with Gasteiger partial charge in [0.15, 0.2) is 0 Å².